The van der Waals surface area contributed by atoms with Gasteiger partial charge in [-0.15, -0.1) is 12.4 Å². The molecule has 2 aromatic carbocycles. The van der Waals surface area contributed by atoms with Gasteiger partial charge in [0.25, 0.3) is 0 Å². The van der Waals surface area contributed by atoms with Crippen molar-refractivity contribution in [1.29, 1.82) is 10.5 Å². The van der Waals surface area contributed by atoms with E-state index in [4.69, 9.17) is 10.5 Å². The molecule has 0 aliphatic heterocycles. The minimum atomic E-state index is 0. The van der Waals surface area contributed by atoms with Crippen LogP contribution in [0.25, 0.3) is 0 Å². The van der Waals surface area contributed by atoms with E-state index in [9.17, 15) is 0 Å². The molecule has 0 fully saturated rings. The van der Waals surface area contributed by atoms with Crippen LogP contribution in [-0.4, -0.2) is 0 Å². The van der Waals surface area contributed by atoms with Crippen molar-refractivity contribution in [3.05, 3.63) is 70.8 Å². The number of nitrogens with zero attached hydrogens (tertiary/aromatic N) is 2. The van der Waals surface area contributed by atoms with Crippen molar-refractivity contribution in [3.8, 4) is 12.1 Å². The normalized spacial score (nSPS) is 9.10. The molecule has 0 radical (unpaired) electrons. The topological polar surface area (TPSA) is 59.6 Å². The average Bonchev–Trinajstić information content (AvgIpc) is 2.49. The van der Waals surface area contributed by atoms with Crippen LogP contribution in [0.1, 0.15) is 22.3 Å². The maximum atomic E-state index is 8.71. The third kappa shape index (κ3) is 4.40. The Balaban J connectivity index is 0.00000200. The van der Waals surface area contributed by atoms with Crippen molar-refractivity contribution in [1.82, 2.24) is 5.32 Å². The van der Waals surface area contributed by atoms with Crippen molar-refractivity contribution in [2.45, 2.75) is 13.1 Å². The van der Waals surface area contributed by atoms with Crippen LogP contribution in [0.5, 0.6) is 0 Å². The Morgan fingerprint density at radius 3 is 1.35 bits per heavy atom. The van der Waals surface area contributed by atoms with Crippen molar-refractivity contribution in [2.24, 2.45) is 0 Å². The Kier molecular flexibility index (Phi) is 6.26. The molecule has 0 spiro atoms. The maximum absolute atomic E-state index is 8.71. The molecule has 1 N–H and O–H groups in total. The van der Waals surface area contributed by atoms with Crippen LogP contribution in [0, 0.1) is 22.7 Å². The number of nitrogens with one attached hydrogen (secondary N) is 1. The van der Waals surface area contributed by atoms with E-state index in [1.165, 1.54) is 0 Å². The van der Waals surface area contributed by atoms with E-state index < -0.39 is 0 Å². The second kappa shape index (κ2) is 7.96. The number of benzene rings is 2. The molecular weight excluding hydrogens is 270 g/mol. The molecule has 0 saturated heterocycles. The minimum absolute atomic E-state index is 0. The SMILES string of the molecule is Cl.N#Cc1ccc(CNCc2ccc(C#N)cc2)cc1. The van der Waals surface area contributed by atoms with Crippen molar-refractivity contribution >= 4 is 12.4 Å². The lowest BCUT2D eigenvalue weighted by molar-refractivity contribution is 0.693. The number of halogens is 1. The van der Waals surface area contributed by atoms with Gasteiger partial charge in [0.2, 0.25) is 0 Å². The van der Waals surface area contributed by atoms with Crippen LogP contribution in [0.3, 0.4) is 0 Å². The lowest BCUT2D eigenvalue weighted by atomic mass is 10.1. The third-order valence-electron chi connectivity index (χ3n) is 2.82. The number of nitriles is 2. The standard InChI is InChI=1S/C16H13N3.ClH/c17-9-13-1-5-15(6-2-13)11-19-12-16-7-3-14(10-18)4-8-16;/h1-8,19H,11-12H2;1H. The fourth-order valence-electron chi connectivity index (χ4n) is 1.75. The molecule has 0 amide bonds. The van der Waals surface area contributed by atoms with Gasteiger partial charge in [-0.1, -0.05) is 24.3 Å². The highest BCUT2D eigenvalue weighted by atomic mass is 35.5. The molecule has 2 rings (SSSR count). The average molecular weight is 284 g/mol. The summed E-state index contributed by atoms with van der Waals surface area (Å²) in [4.78, 5) is 0. The molecule has 0 aliphatic carbocycles. The van der Waals surface area contributed by atoms with Gasteiger partial charge in [0.1, 0.15) is 0 Å². The monoisotopic (exact) mass is 283 g/mol. The van der Waals surface area contributed by atoms with E-state index >= 15 is 0 Å². The summed E-state index contributed by atoms with van der Waals surface area (Å²) in [6.07, 6.45) is 0. The molecule has 100 valence electrons. The number of hydrogen-bond donors (Lipinski definition) is 1. The summed E-state index contributed by atoms with van der Waals surface area (Å²) in [5.74, 6) is 0. The van der Waals surface area contributed by atoms with E-state index in [1.807, 2.05) is 48.5 Å². The van der Waals surface area contributed by atoms with E-state index in [1.54, 1.807) is 0 Å². The zero-order valence-corrected chi connectivity index (χ0v) is 11.7. The minimum Gasteiger partial charge on any atom is -0.309 e. The smallest absolute Gasteiger partial charge is 0.0991 e. The van der Waals surface area contributed by atoms with E-state index in [0.717, 1.165) is 24.2 Å². The molecule has 20 heavy (non-hydrogen) atoms. The van der Waals surface area contributed by atoms with E-state index in [0.29, 0.717) is 11.1 Å². The first kappa shape index (κ1) is 15.7. The summed E-state index contributed by atoms with van der Waals surface area (Å²) in [7, 11) is 0. The van der Waals surface area contributed by atoms with Crippen LogP contribution < -0.4 is 5.32 Å². The zero-order chi connectivity index (χ0) is 13.5. The fourth-order valence-corrected chi connectivity index (χ4v) is 1.75. The quantitative estimate of drug-likeness (QED) is 0.938. The van der Waals surface area contributed by atoms with Crippen molar-refractivity contribution in [2.75, 3.05) is 0 Å². The molecule has 0 saturated carbocycles. The first-order valence-corrected chi connectivity index (χ1v) is 6.00. The van der Waals surface area contributed by atoms with Crippen LogP contribution in [-0.2, 0) is 13.1 Å². The summed E-state index contributed by atoms with van der Waals surface area (Å²) >= 11 is 0. The predicted octanol–water partition coefficient (Wildman–Crippen LogP) is 3.14. The molecule has 0 unspecified atom stereocenters. The molecule has 4 heteroatoms. The van der Waals surface area contributed by atoms with Gasteiger partial charge in [-0.25, -0.2) is 0 Å². The second-order valence-corrected chi connectivity index (χ2v) is 4.22. The Bertz CT molecular complexity index is 561. The van der Waals surface area contributed by atoms with Crippen molar-refractivity contribution in [3.63, 3.8) is 0 Å². The van der Waals surface area contributed by atoms with Gasteiger partial charge >= 0.3 is 0 Å². The maximum Gasteiger partial charge on any atom is 0.0991 e. The summed E-state index contributed by atoms with van der Waals surface area (Å²) in [6.45, 7) is 1.51. The molecule has 0 heterocycles. The van der Waals surface area contributed by atoms with Gasteiger partial charge in [0.15, 0.2) is 0 Å². The van der Waals surface area contributed by atoms with Crippen LogP contribution in [0.4, 0.5) is 0 Å². The zero-order valence-electron chi connectivity index (χ0n) is 10.8. The number of rotatable bonds is 4. The predicted molar refractivity (Wildman–Crippen MR) is 80.1 cm³/mol. The highest BCUT2D eigenvalue weighted by Crippen LogP contribution is 2.05. The molecule has 3 nitrogen and oxygen atoms in total. The van der Waals surface area contributed by atoms with Crippen molar-refractivity contribution < 1.29 is 0 Å². The van der Waals surface area contributed by atoms with Crippen LogP contribution in [0.15, 0.2) is 48.5 Å². The largest absolute Gasteiger partial charge is 0.309 e. The highest BCUT2D eigenvalue weighted by Gasteiger charge is 1.96. The molecule has 0 bridgehead atoms. The van der Waals surface area contributed by atoms with Gasteiger partial charge < -0.3 is 5.32 Å². The number of hydrogen-bond acceptors (Lipinski definition) is 3. The van der Waals surface area contributed by atoms with Gasteiger partial charge in [0, 0.05) is 13.1 Å². The summed E-state index contributed by atoms with van der Waals surface area (Å²) in [5.41, 5.74) is 3.65. The first-order chi connectivity index (χ1) is 9.31. The first-order valence-electron chi connectivity index (χ1n) is 6.00. The molecule has 0 aliphatic rings. The molecule has 2 aromatic rings. The Morgan fingerprint density at radius 1 is 0.700 bits per heavy atom. The van der Waals surface area contributed by atoms with Gasteiger partial charge in [-0.05, 0) is 35.4 Å². The van der Waals surface area contributed by atoms with Gasteiger partial charge in [-0.2, -0.15) is 10.5 Å². The molecule has 0 aromatic heterocycles. The Morgan fingerprint density at radius 2 is 1.05 bits per heavy atom. The summed E-state index contributed by atoms with van der Waals surface area (Å²) in [6, 6.07) is 19.3. The Hall–Kier alpha value is -2.33. The lowest BCUT2D eigenvalue weighted by Gasteiger charge is -2.05. The lowest BCUT2D eigenvalue weighted by Crippen LogP contribution is -2.12. The van der Waals surface area contributed by atoms with Crippen LogP contribution in [0.2, 0.25) is 0 Å². The van der Waals surface area contributed by atoms with Crippen LogP contribution >= 0.6 is 12.4 Å². The van der Waals surface area contributed by atoms with E-state index in [2.05, 4.69) is 17.5 Å². The second-order valence-electron chi connectivity index (χ2n) is 4.22. The molecular formula is C16H14ClN3. The summed E-state index contributed by atoms with van der Waals surface area (Å²) in [5, 5.41) is 20.7. The molecule has 0 atom stereocenters. The van der Waals surface area contributed by atoms with Gasteiger partial charge in [-0.3, -0.25) is 0 Å². The highest BCUT2D eigenvalue weighted by molar-refractivity contribution is 5.85. The van der Waals surface area contributed by atoms with E-state index in [-0.39, 0.29) is 12.4 Å². The van der Waals surface area contributed by atoms with Gasteiger partial charge in [0.05, 0.1) is 23.3 Å². The third-order valence-corrected chi connectivity index (χ3v) is 2.82. The fraction of sp³-hybridized carbons (Fsp3) is 0.125. The summed E-state index contributed by atoms with van der Waals surface area (Å²) < 4.78 is 0. The Labute approximate surface area is 124 Å².